The van der Waals surface area contributed by atoms with Crippen molar-refractivity contribution in [2.24, 2.45) is 0 Å². The van der Waals surface area contributed by atoms with Gasteiger partial charge in [0.15, 0.2) is 9.99 Å². The van der Waals surface area contributed by atoms with Crippen molar-refractivity contribution in [3.63, 3.8) is 0 Å². The Kier molecular flexibility index (Phi) is 5.04. The van der Waals surface area contributed by atoms with Gasteiger partial charge in [-0.3, -0.25) is 9.36 Å². The fraction of sp³-hybridized carbons (Fsp3) is 0.150. The summed E-state index contributed by atoms with van der Waals surface area (Å²) in [5.41, 5.74) is 4.39. The van der Waals surface area contributed by atoms with Gasteiger partial charge in [-0.2, -0.15) is 0 Å². The fourth-order valence-corrected chi connectivity index (χ4v) is 5.06. The molecule has 0 atom stereocenters. The van der Waals surface area contributed by atoms with Gasteiger partial charge in [0, 0.05) is 5.75 Å². The molecule has 7 heteroatoms. The summed E-state index contributed by atoms with van der Waals surface area (Å²) in [5.74, 6) is 0.803. The number of thioether (sulfide) groups is 1. The van der Waals surface area contributed by atoms with Crippen molar-refractivity contribution >= 4 is 45.0 Å². The highest BCUT2D eigenvalue weighted by molar-refractivity contribution is 8.00. The van der Waals surface area contributed by atoms with Gasteiger partial charge >= 0.3 is 0 Å². The van der Waals surface area contributed by atoms with E-state index in [4.69, 9.17) is 11.6 Å². The molecule has 0 saturated heterocycles. The van der Waals surface area contributed by atoms with Crippen LogP contribution < -0.4 is 5.56 Å². The van der Waals surface area contributed by atoms with Crippen molar-refractivity contribution in [2.75, 3.05) is 0 Å². The predicted octanol–water partition coefficient (Wildman–Crippen LogP) is 5.40. The van der Waals surface area contributed by atoms with E-state index in [1.165, 1.54) is 33.4 Å². The molecule has 0 fully saturated rings. The highest BCUT2D eigenvalue weighted by Gasteiger charge is 2.15. The quantitative estimate of drug-likeness (QED) is 0.420. The molecule has 0 amide bonds. The van der Waals surface area contributed by atoms with E-state index in [2.05, 4.69) is 41.2 Å². The van der Waals surface area contributed by atoms with Crippen LogP contribution in [0.15, 0.2) is 57.9 Å². The molecule has 0 bridgehead atoms. The number of aryl methyl sites for hydroxylation is 2. The lowest BCUT2D eigenvalue weighted by Crippen LogP contribution is -2.19. The molecule has 0 aliphatic rings. The van der Waals surface area contributed by atoms with Crippen LogP contribution in [0.3, 0.4) is 0 Å². The molecule has 0 spiro atoms. The third-order valence-corrected chi connectivity index (χ3v) is 6.76. The van der Waals surface area contributed by atoms with E-state index < -0.39 is 0 Å². The van der Waals surface area contributed by atoms with Crippen LogP contribution in [0.5, 0.6) is 0 Å². The van der Waals surface area contributed by atoms with E-state index in [9.17, 15) is 4.79 Å². The zero-order valence-electron chi connectivity index (χ0n) is 14.8. The molecule has 0 saturated carbocycles. The molecule has 0 aliphatic carbocycles. The van der Waals surface area contributed by atoms with Crippen molar-refractivity contribution in [1.29, 1.82) is 0 Å². The van der Waals surface area contributed by atoms with Crippen LogP contribution in [0.2, 0.25) is 5.02 Å². The number of hydrogen-bond acceptors (Lipinski definition) is 5. The van der Waals surface area contributed by atoms with E-state index in [1.807, 2.05) is 19.1 Å². The number of aromatic nitrogens is 3. The first-order chi connectivity index (χ1) is 13.0. The molecule has 2 heterocycles. The Labute approximate surface area is 169 Å². The first-order valence-electron chi connectivity index (χ1n) is 8.35. The predicted molar refractivity (Wildman–Crippen MR) is 113 cm³/mol. The average molecular weight is 414 g/mol. The molecular formula is C20H16ClN3OS2. The topological polar surface area (TPSA) is 47.8 Å². The maximum absolute atomic E-state index is 13.0. The molecule has 4 nitrogen and oxygen atoms in total. The molecule has 4 rings (SSSR count). The number of thiazole rings is 1. The normalized spacial score (nSPS) is 11.2. The van der Waals surface area contributed by atoms with E-state index >= 15 is 0 Å². The summed E-state index contributed by atoms with van der Waals surface area (Å²) >= 11 is 9.31. The summed E-state index contributed by atoms with van der Waals surface area (Å²) in [6, 6.07) is 14.0. The molecule has 0 aliphatic heterocycles. The second-order valence-electron chi connectivity index (χ2n) is 6.23. The standard InChI is InChI=1S/C20H16ClN3OS2/c1-12-6-8-14(9-7-12)10-26-20-23-18-17(27-20)19(25)24(11-22-18)16-13(2)4-3-5-15(16)21/h3-9,11H,10H2,1-2H3. The number of nitrogens with zero attached hydrogens (tertiary/aromatic N) is 3. The first kappa shape index (κ1) is 18.2. The molecular weight excluding hydrogens is 398 g/mol. The van der Waals surface area contributed by atoms with Gasteiger partial charge in [-0.05, 0) is 31.0 Å². The van der Waals surface area contributed by atoms with Gasteiger partial charge in [0.1, 0.15) is 11.0 Å². The highest BCUT2D eigenvalue weighted by Crippen LogP contribution is 2.30. The van der Waals surface area contributed by atoms with Crippen molar-refractivity contribution in [1.82, 2.24) is 14.5 Å². The van der Waals surface area contributed by atoms with E-state index in [1.54, 1.807) is 17.8 Å². The minimum absolute atomic E-state index is 0.143. The maximum Gasteiger partial charge on any atom is 0.277 e. The van der Waals surface area contributed by atoms with Crippen LogP contribution in [0.25, 0.3) is 16.0 Å². The number of benzene rings is 2. The highest BCUT2D eigenvalue weighted by atomic mass is 35.5. The van der Waals surface area contributed by atoms with Crippen molar-refractivity contribution in [2.45, 2.75) is 23.9 Å². The zero-order chi connectivity index (χ0) is 19.0. The largest absolute Gasteiger partial charge is 0.277 e. The Bertz CT molecular complexity index is 1160. The summed E-state index contributed by atoms with van der Waals surface area (Å²) < 4.78 is 2.89. The zero-order valence-corrected chi connectivity index (χ0v) is 17.2. The summed E-state index contributed by atoms with van der Waals surface area (Å²) in [6.07, 6.45) is 1.51. The molecule has 0 unspecified atom stereocenters. The molecule has 136 valence electrons. The van der Waals surface area contributed by atoms with Crippen LogP contribution in [0.4, 0.5) is 0 Å². The Morgan fingerprint density at radius 2 is 1.93 bits per heavy atom. The lowest BCUT2D eigenvalue weighted by molar-refractivity contribution is 0.950. The smallest absolute Gasteiger partial charge is 0.267 e. The second-order valence-corrected chi connectivity index (χ2v) is 8.86. The van der Waals surface area contributed by atoms with Crippen LogP contribution in [-0.2, 0) is 5.75 Å². The van der Waals surface area contributed by atoms with Gasteiger partial charge in [0.25, 0.3) is 5.56 Å². The van der Waals surface area contributed by atoms with Crippen LogP contribution in [0.1, 0.15) is 16.7 Å². The van der Waals surface area contributed by atoms with E-state index in [-0.39, 0.29) is 5.56 Å². The molecule has 27 heavy (non-hydrogen) atoms. The molecule has 0 N–H and O–H groups in total. The number of rotatable bonds is 4. The summed E-state index contributed by atoms with van der Waals surface area (Å²) in [7, 11) is 0. The van der Waals surface area contributed by atoms with Crippen LogP contribution in [0, 0.1) is 13.8 Å². The molecule has 0 radical (unpaired) electrons. The van der Waals surface area contributed by atoms with Gasteiger partial charge in [-0.1, -0.05) is 65.3 Å². The third kappa shape index (κ3) is 3.65. The number of fused-ring (bicyclic) bond motifs is 1. The Morgan fingerprint density at radius 3 is 2.67 bits per heavy atom. The Morgan fingerprint density at radius 1 is 1.15 bits per heavy atom. The Balaban J connectivity index is 1.68. The first-order valence-corrected chi connectivity index (χ1v) is 10.5. The van der Waals surface area contributed by atoms with Gasteiger partial charge in [0.05, 0.1) is 10.7 Å². The SMILES string of the molecule is Cc1ccc(CSc2nc3ncn(-c4c(C)cccc4Cl)c(=O)c3s2)cc1. The number of halogens is 1. The fourth-order valence-electron chi connectivity index (χ4n) is 2.77. The van der Waals surface area contributed by atoms with Crippen molar-refractivity contribution < 1.29 is 0 Å². The van der Waals surface area contributed by atoms with Gasteiger partial charge < -0.3 is 0 Å². The second kappa shape index (κ2) is 7.46. The molecule has 4 aromatic rings. The van der Waals surface area contributed by atoms with Crippen molar-refractivity contribution in [3.8, 4) is 5.69 Å². The van der Waals surface area contributed by atoms with Gasteiger partial charge in [0.2, 0.25) is 0 Å². The summed E-state index contributed by atoms with van der Waals surface area (Å²) in [6.45, 7) is 4.00. The monoisotopic (exact) mass is 413 g/mol. The molecule has 2 aromatic carbocycles. The van der Waals surface area contributed by atoms with Gasteiger partial charge in [-0.15, -0.1) is 11.3 Å². The van der Waals surface area contributed by atoms with E-state index in [0.29, 0.717) is 21.1 Å². The number of hydrogen-bond donors (Lipinski definition) is 0. The van der Waals surface area contributed by atoms with E-state index in [0.717, 1.165) is 15.7 Å². The van der Waals surface area contributed by atoms with Crippen molar-refractivity contribution in [3.05, 3.63) is 80.9 Å². The Hall–Kier alpha value is -2.15. The third-order valence-electron chi connectivity index (χ3n) is 4.21. The average Bonchev–Trinajstić information content (AvgIpc) is 3.07. The van der Waals surface area contributed by atoms with Gasteiger partial charge in [-0.25, -0.2) is 9.97 Å². The number of para-hydroxylation sites is 1. The minimum Gasteiger partial charge on any atom is -0.267 e. The van der Waals surface area contributed by atoms with Crippen LogP contribution in [-0.4, -0.2) is 14.5 Å². The summed E-state index contributed by atoms with van der Waals surface area (Å²) in [4.78, 5) is 21.9. The lowest BCUT2D eigenvalue weighted by Gasteiger charge is -2.10. The molecule has 2 aromatic heterocycles. The lowest BCUT2D eigenvalue weighted by atomic mass is 10.2. The van der Waals surface area contributed by atoms with Crippen LogP contribution >= 0.6 is 34.7 Å². The minimum atomic E-state index is -0.143. The maximum atomic E-state index is 13.0. The summed E-state index contributed by atoms with van der Waals surface area (Å²) in [5, 5.41) is 0.525.